The van der Waals surface area contributed by atoms with E-state index in [0.717, 1.165) is 54.8 Å². The Hall–Kier alpha value is -3.07. The third-order valence-electron chi connectivity index (χ3n) is 6.21. The number of nitrogens with two attached hydrogens (primary N) is 1. The fourth-order valence-corrected chi connectivity index (χ4v) is 4.35. The second kappa shape index (κ2) is 10.5. The van der Waals surface area contributed by atoms with Gasteiger partial charge in [0, 0.05) is 11.4 Å². The quantitative estimate of drug-likeness (QED) is 0.301. The third-order valence-corrected chi connectivity index (χ3v) is 6.21. The van der Waals surface area contributed by atoms with Gasteiger partial charge in [0.2, 0.25) is 0 Å². The number of nitrogens with zero attached hydrogens (tertiary/aromatic N) is 1. The molecule has 0 aromatic heterocycles. The Balaban J connectivity index is 2.02. The SMILES string of the molecule is CCc1cc(Cc2cc(CC)c(/N=C(\C)c3cccc(O)c3)c(CC)c2)cc(CC)c1N. The first-order chi connectivity index (χ1) is 15.4. The van der Waals surface area contributed by atoms with E-state index in [0.29, 0.717) is 0 Å². The lowest BCUT2D eigenvalue weighted by Gasteiger charge is -2.16. The third kappa shape index (κ3) is 5.21. The molecule has 0 bridgehead atoms. The van der Waals surface area contributed by atoms with E-state index in [1.54, 1.807) is 12.1 Å². The van der Waals surface area contributed by atoms with Crippen molar-refractivity contribution in [3.8, 4) is 5.75 Å². The largest absolute Gasteiger partial charge is 0.508 e. The normalized spacial score (nSPS) is 11.7. The van der Waals surface area contributed by atoms with Crippen LogP contribution in [0.3, 0.4) is 0 Å². The molecule has 0 aliphatic carbocycles. The van der Waals surface area contributed by atoms with Crippen molar-refractivity contribution in [1.82, 2.24) is 0 Å². The Kier molecular flexibility index (Phi) is 7.74. The molecule has 3 heteroatoms. The second-order valence-electron chi connectivity index (χ2n) is 8.43. The van der Waals surface area contributed by atoms with E-state index in [9.17, 15) is 5.11 Å². The van der Waals surface area contributed by atoms with Crippen LogP contribution >= 0.6 is 0 Å². The molecular formula is C29H36N2O. The number of aryl methyl sites for hydroxylation is 4. The van der Waals surface area contributed by atoms with E-state index in [4.69, 9.17) is 10.7 Å². The summed E-state index contributed by atoms with van der Waals surface area (Å²) in [5.74, 6) is 0.264. The highest BCUT2D eigenvalue weighted by atomic mass is 16.3. The molecule has 0 aliphatic rings. The van der Waals surface area contributed by atoms with Crippen molar-refractivity contribution >= 4 is 17.1 Å². The number of phenolic OH excluding ortho intramolecular Hbond substituents is 1. The summed E-state index contributed by atoms with van der Waals surface area (Å²) in [7, 11) is 0. The molecule has 0 aliphatic heterocycles. The number of anilines is 1. The highest BCUT2D eigenvalue weighted by Crippen LogP contribution is 2.31. The summed E-state index contributed by atoms with van der Waals surface area (Å²) in [4.78, 5) is 5.02. The number of nitrogen functional groups attached to an aromatic ring is 1. The average molecular weight is 429 g/mol. The molecule has 0 unspecified atom stereocenters. The smallest absolute Gasteiger partial charge is 0.116 e. The van der Waals surface area contributed by atoms with Gasteiger partial charge in [-0.05, 0) is 90.1 Å². The van der Waals surface area contributed by atoms with E-state index in [2.05, 4.69) is 52.0 Å². The minimum absolute atomic E-state index is 0.264. The van der Waals surface area contributed by atoms with Crippen LogP contribution in [-0.2, 0) is 32.1 Å². The van der Waals surface area contributed by atoms with Crippen molar-refractivity contribution in [3.05, 3.63) is 87.5 Å². The fourth-order valence-electron chi connectivity index (χ4n) is 4.35. The Labute approximate surface area is 193 Å². The van der Waals surface area contributed by atoms with Crippen LogP contribution in [0.4, 0.5) is 11.4 Å². The number of phenols is 1. The molecule has 3 aromatic rings. The van der Waals surface area contributed by atoms with Gasteiger partial charge in [0.05, 0.1) is 5.69 Å². The van der Waals surface area contributed by atoms with Crippen molar-refractivity contribution in [2.75, 3.05) is 5.73 Å². The predicted molar refractivity (Wildman–Crippen MR) is 138 cm³/mol. The molecule has 0 amide bonds. The van der Waals surface area contributed by atoms with Gasteiger partial charge in [-0.25, -0.2) is 0 Å². The standard InChI is InChI=1S/C29H36N2O/c1-6-22-14-20(15-23(7-2)28(22)30)13-21-16-24(8-3)29(25(9-4)17-21)31-19(5)26-11-10-12-27(32)18-26/h10-12,14-18,32H,6-9,13,30H2,1-5H3/b31-19+. The summed E-state index contributed by atoms with van der Waals surface area (Å²) < 4.78 is 0. The molecule has 0 heterocycles. The van der Waals surface area contributed by atoms with E-state index in [-0.39, 0.29) is 5.75 Å². The van der Waals surface area contributed by atoms with E-state index >= 15 is 0 Å². The van der Waals surface area contributed by atoms with E-state index < -0.39 is 0 Å². The molecule has 0 atom stereocenters. The van der Waals surface area contributed by atoms with Crippen LogP contribution in [0.25, 0.3) is 0 Å². The first-order valence-corrected chi connectivity index (χ1v) is 11.8. The van der Waals surface area contributed by atoms with Crippen LogP contribution in [-0.4, -0.2) is 10.8 Å². The molecule has 32 heavy (non-hydrogen) atoms. The van der Waals surface area contributed by atoms with Gasteiger partial charge < -0.3 is 10.8 Å². The van der Waals surface area contributed by atoms with Crippen molar-refractivity contribution in [1.29, 1.82) is 0 Å². The zero-order valence-electron chi connectivity index (χ0n) is 20.1. The zero-order chi connectivity index (χ0) is 23.3. The Morgan fingerprint density at radius 1 is 0.781 bits per heavy atom. The van der Waals surface area contributed by atoms with Crippen molar-refractivity contribution in [2.45, 2.75) is 66.7 Å². The van der Waals surface area contributed by atoms with Crippen molar-refractivity contribution < 1.29 is 5.11 Å². The van der Waals surface area contributed by atoms with Gasteiger partial charge in [-0.15, -0.1) is 0 Å². The minimum Gasteiger partial charge on any atom is -0.508 e. The first-order valence-electron chi connectivity index (χ1n) is 11.8. The lowest BCUT2D eigenvalue weighted by atomic mass is 9.92. The molecule has 3 N–H and O–H groups in total. The molecule has 0 saturated heterocycles. The molecular weight excluding hydrogens is 392 g/mol. The lowest BCUT2D eigenvalue weighted by Crippen LogP contribution is -2.02. The first kappa shape index (κ1) is 23.6. The summed E-state index contributed by atoms with van der Waals surface area (Å²) in [5.41, 5.74) is 17.9. The van der Waals surface area contributed by atoms with Crippen LogP contribution in [0, 0.1) is 0 Å². The molecule has 3 nitrogen and oxygen atoms in total. The number of hydrogen-bond acceptors (Lipinski definition) is 3. The molecule has 0 radical (unpaired) electrons. The maximum atomic E-state index is 9.84. The number of aromatic hydroxyl groups is 1. The van der Waals surface area contributed by atoms with Gasteiger partial charge in [-0.2, -0.15) is 0 Å². The van der Waals surface area contributed by atoms with Crippen molar-refractivity contribution in [2.24, 2.45) is 4.99 Å². The predicted octanol–water partition coefficient (Wildman–Crippen LogP) is 6.96. The number of benzene rings is 3. The van der Waals surface area contributed by atoms with E-state index in [1.165, 1.54) is 33.4 Å². The van der Waals surface area contributed by atoms with Gasteiger partial charge >= 0.3 is 0 Å². The monoisotopic (exact) mass is 428 g/mol. The summed E-state index contributed by atoms with van der Waals surface area (Å²) in [6, 6.07) is 16.4. The molecule has 3 aromatic carbocycles. The zero-order valence-corrected chi connectivity index (χ0v) is 20.1. The topological polar surface area (TPSA) is 58.6 Å². The molecule has 168 valence electrons. The van der Waals surface area contributed by atoms with Gasteiger partial charge in [0.1, 0.15) is 5.75 Å². The van der Waals surface area contributed by atoms with Crippen LogP contribution in [0.2, 0.25) is 0 Å². The lowest BCUT2D eigenvalue weighted by molar-refractivity contribution is 0.475. The minimum atomic E-state index is 0.264. The molecule has 0 saturated carbocycles. The van der Waals surface area contributed by atoms with Crippen molar-refractivity contribution in [3.63, 3.8) is 0 Å². The number of hydrogen-bond donors (Lipinski definition) is 2. The number of rotatable bonds is 8. The summed E-state index contributed by atoms with van der Waals surface area (Å²) in [6.45, 7) is 10.7. The van der Waals surface area contributed by atoms with Crippen LogP contribution in [0.15, 0.2) is 53.5 Å². The van der Waals surface area contributed by atoms with Gasteiger partial charge in [-0.3, -0.25) is 4.99 Å². The van der Waals surface area contributed by atoms with Crippen LogP contribution < -0.4 is 5.73 Å². The highest BCUT2D eigenvalue weighted by Gasteiger charge is 2.12. The summed E-state index contributed by atoms with van der Waals surface area (Å²) in [5, 5.41) is 9.84. The summed E-state index contributed by atoms with van der Waals surface area (Å²) >= 11 is 0. The second-order valence-corrected chi connectivity index (χ2v) is 8.43. The summed E-state index contributed by atoms with van der Waals surface area (Å²) in [6.07, 6.45) is 4.66. The number of aliphatic imine (C=N–C) groups is 1. The fraction of sp³-hybridized carbons (Fsp3) is 0.345. The Morgan fingerprint density at radius 3 is 1.75 bits per heavy atom. The molecule has 0 fully saturated rings. The average Bonchev–Trinajstić information content (AvgIpc) is 2.80. The van der Waals surface area contributed by atoms with Crippen LogP contribution in [0.1, 0.15) is 73.6 Å². The Morgan fingerprint density at radius 2 is 1.28 bits per heavy atom. The highest BCUT2D eigenvalue weighted by molar-refractivity contribution is 6.00. The maximum Gasteiger partial charge on any atom is 0.116 e. The molecule has 3 rings (SSSR count). The Bertz CT molecular complexity index is 1080. The van der Waals surface area contributed by atoms with Gasteiger partial charge in [-0.1, -0.05) is 64.1 Å². The van der Waals surface area contributed by atoms with Gasteiger partial charge in [0.15, 0.2) is 0 Å². The van der Waals surface area contributed by atoms with Gasteiger partial charge in [0.25, 0.3) is 0 Å². The maximum absolute atomic E-state index is 9.84. The molecule has 0 spiro atoms. The van der Waals surface area contributed by atoms with E-state index in [1.807, 2.05) is 19.1 Å². The van der Waals surface area contributed by atoms with Crippen LogP contribution in [0.5, 0.6) is 5.75 Å².